The molecule has 10 heteroatoms. The predicted molar refractivity (Wildman–Crippen MR) is 100 cm³/mol. The van der Waals surface area contributed by atoms with Crippen LogP contribution in [0.3, 0.4) is 0 Å². The van der Waals surface area contributed by atoms with Crippen LogP contribution in [0.5, 0.6) is 0 Å². The van der Waals surface area contributed by atoms with E-state index >= 15 is 0 Å². The number of halogens is 3. The maximum Gasteiger partial charge on any atom is 0.433 e. The monoisotopic (exact) mass is 414 g/mol. The molecule has 0 unspecified atom stereocenters. The zero-order valence-corrected chi connectivity index (χ0v) is 15.4. The number of amides is 1. The summed E-state index contributed by atoms with van der Waals surface area (Å²) in [5.74, 6) is -0.698. The molecule has 0 aliphatic rings. The molecule has 0 radical (unpaired) electrons. The third-order valence-corrected chi connectivity index (χ3v) is 4.27. The van der Waals surface area contributed by atoms with E-state index in [0.29, 0.717) is 15.8 Å². The number of Topliss-reactive ketones (excluding diaryl/α,β-unsaturated/α-hetero) is 1. The van der Waals surface area contributed by atoms with E-state index in [0.717, 1.165) is 12.1 Å². The molecule has 0 spiro atoms. The van der Waals surface area contributed by atoms with Gasteiger partial charge in [0.25, 0.3) is 5.91 Å². The largest absolute Gasteiger partial charge is 0.463 e. The molecule has 152 valence electrons. The van der Waals surface area contributed by atoms with Gasteiger partial charge in [0, 0.05) is 17.3 Å². The van der Waals surface area contributed by atoms with Gasteiger partial charge in [-0.1, -0.05) is 0 Å². The maximum atomic E-state index is 13.6. The molecule has 1 amide bonds. The van der Waals surface area contributed by atoms with Gasteiger partial charge in [-0.3, -0.25) is 9.59 Å². The fraction of sp³-hybridized carbons (Fsp3) is 0.100. The minimum absolute atomic E-state index is 0.0356. The second kappa shape index (κ2) is 7.14. The first-order valence-corrected chi connectivity index (χ1v) is 8.66. The highest BCUT2D eigenvalue weighted by Gasteiger charge is 2.36. The lowest BCUT2D eigenvalue weighted by atomic mass is 10.1. The van der Waals surface area contributed by atoms with E-state index in [1.807, 2.05) is 0 Å². The van der Waals surface area contributed by atoms with Crippen LogP contribution in [-0.2, 0) is 6.18 Å². The predicted octanol–water partition coefficient (Wildman–Crippen LogP) is 4.46. The van der Waals surface area contributed by atoms with Gasteiger partial charge in [-0.15, -0.1) is 0 Å². The Hall–Kier alpha value is -3.95. The van der Waals surface area contributed by atoms with Gasteiger partial charge >= 0.3 is 6.18 Å². The molecule has 1 N–H and O–H groups in total. The van der Waals surface area contributed by atoms with Crippen LogP contribution < -0.4 is 5.32 Å². The molecule has 0 aliphatic carbocycles. The number of fused-ring (bicyclic) bond motifs is 1. The van der Waals surface area contributed by atoms with E-state index < -0.39 is 17.8 Å². The maximum absolute atomic E-state index is 13.6. The summed E-state index contributed by atoms with van der Waals surface area (Å²) in [7, 11) is 0. The Morgan fingerprint density at radius 2 is 1.83 bits per heavy atom. The molecule has 4 aromatic rings. The number of nitrogens with one attached hydrogen (secondary N) is 1. The van der Waals surface area contributed by atoms with Crippen molar-refractivity contribution in [3.8, 4) is 11.5 Å². The average Bonchev–Trinajstić information content (AvgIpc) is 3.36. The molecule has 0 saturated heterocycles. The topological polar surface area (TPSA) is 89.5 Å². The molecule has 30 heavy (non-hydrogen) atoms. The normalized spacial score (nSPS) is 11.6. The third-order valence-electron chi connectivity index (χ3n) is 4.27. The molecule has 0 fully saturated rings. The molecular weight excluding hydrogens is 401 g/mol. The summed E-state index contributed by atoms with van der Waals surface area (Å²) in [6.07, 6.45) is -3.41. The lowest BCUT2D eigenvalue weighted by molar-refractivity contribution is -0.142. The Balaban J connectivity index is 1.71. The number of hydrogen-bond donors (Lipinski definition) is 1. The number of furan rings is 1. The number of anilines is 1. The zero-order chi connectivity index (χ0) is 21.5. The minimum Gasteiger partial charge on any atom is -0.463 e. The second-order valence-corrected chi connectivity index (χ2v) is 6.39. The van der Waals surface area contributed by atoms with Crippen molar-refractivity contribution in [1.82, 2.24) is 14.6 Å². The summed E-state index contributed by atoms with van der Waals surface area (Å²) in [4.78, 5) is 27.9. The number of ketones is 1. The van der Waals surface area contributed by atoms with Crippen molar-refractivity contribution in [2.24, 2.45) is 0 Å². The first kappa shape index (κ1) is 19.4. The lowest BCUT2D eigenvalue weighted by Gasteiger charge is -2.09. The molecule has 7 nitrogen and oxygen atoms in total. The first-order chi connectivity index (χ1) is 14.2. The van der Waals surface area contributed by atoms with Gasteiger partial charge in [0.15, 0.2) is 28.6 Å². The molecule has 0 atom stereocenters. The van der Waals surface area contributed by atoms with Gasteiger partial charge in [-0.2, -0.15) is 18.3 Å². The van der Waals surface area contributed by atoms with E-state index in [1.54, 1.807) is 0 Å². The van der Waals surface area contributed by atoms with Crippen molar-refractivity contribution in [1.29, 1.82) is 0 Å². The van der Waals surface area contributed by atoms with Gasteiger partial charge in [-0.05, 0) is 49.4 Å². The average molecular weight is 414 g/mol. The fourth-order valence-corrected chi connectivity index (χ4v) is 2.82. The first-order valence-electron chi connectivity index (χ1n) is 8.66. The Morgan fingerprint density at radius 1 is 1.10 bits per heavy atom. The van der Waals surface area contributed by atoms with Gasteiger partial charge in [-0.25, -0.2) is 9.50 Å². The van der Waals surface area contributed by atoms with E-state index in [9.17, 15) is 22.8 Å². The third kappa shape index (κ3) is 3.66. The Kier molecular flexibility index (Phi) is 4.61. The van der Waals surface area contributed by atoms with Crippen LogP contribution in [0.4, 0.5) is 18.9 Å². The number of rotatable bonds is 4. The minimum atomic E-state index is -4.73. The van der Waals surface area contributed by atoms with E-state index in [4.69, 9.17) is 4.42 Å². The molecule has 0 bridgehead atoms. The van der Waals surface area contributed by atoms with Crippen LogP contribution in [0, 0.1) is 0 Å². The van der Waals surface area contributed by atoms with Crippen molar-refractivity contribution in [3.63, 3.8) is 0 Å². The summed E-state index contributed by atoms with van der Waals surface area (Å²) in [5.41, 5.74) is -0.712. The van der Waals surface area contributed by atoms with Crippen molar-refractivity contribution in [2.45, 2.75) is 13.1 Å². The number of nitrogens with zero attached hydrogens (tertiary/aromatic N) is 3. The summed E-state index contributed by atoms with van der Waals surface area (Å²) in [6, 6.07) is 11.1. The van der Waals surface area contributed by atoms with E-state index in [-0.39, 0.29) is 28.6 Å². The van der Waals surface area contributed by atoms with Gasteiger partial charge < -0.3 is 9.73 Å². The Morgan fingerprint density at radius 3 is 2.43 bits per heavy atom. The SMILES string of the molecule is CC(=O)c1ccc(NC(=O)c2cc3nc(-c4ccco4)cc(C(F)(F)F)n3n2)cc1. The zero-order valence-electron chi connectivity index (χ0n) is 15.4. The van der Waals surface area contributed by atoms with E-state index in [2.05, 4.69) is 15.4 Å². The van der Waals surface area contributed by atoms with Gasteiger partial charge in [0.05, 0.1) is 6.26 Å². The van der Waals surface area contributed by atoms with Crippen molar-refractivity contribution in [3.05, 3.63) is 71.7 Å². The van der Waals surface area contributed by atoms with Crippen LogP contribution in [0.15, 0.2) is 59.2 Å². The lowest BCUT2D eigenvalue weighted by Crippen LogP contribution is -2.15. The second-order valence-electron chi connectivity index (χ2n) is 6.39. The molecule has 4 rings (SSSR count). The van der Waals surface area contributed by atoms with Crippen LogP contribution in [0.1, 0.15) is 33.5 Å². The standard InChI is InChI=1S/C20H13F3N4O3/c1-11(28)12-4-6-13(7-5-12)24-19(29)15-10-18-25-14(16-3-2-8-30-16)9-17(20(21,22)23)27(18)26-15/h2-10H,1H3,(H,24,29). The highest BCUT2D eigenvalue weighted by molar-refractivity contribution is 6.04. The van der Waals surface area contributed by atoms with Crippen LogP contribution >= 0.6 is 0 Å². The number of aromatic nitrogens is 3. The quantitative estimate of drug-likeness (QED) is 0.498. The smallest absolute Gasteiger partial charge is 0.433 e. The van der Waals surface area contributed by atoms with Gasteiger partial charge in [0.1, 0.15) is 5.69 Å². The Labute approximate surface area is 167 Å². The summed E-state index contributed by atoms with van der Waals surface area (Å²) in [5, 5.41) is 6.31. The number of carbonyl (C=O) groups is 2. The van der Waals surface area contributed by atoms with Crippen LogP contribution in [0.25, 0.3) is 17.1 Å². The number of benzene rings is 1. The molecular formula is C20H13F3N4O3. The summed E-state index contributed by atoms with van der Waals surface area (Å²) < 4.78 is 46.4. The molecule has 3 heterocycles. The van der Waals surface area contributed by atoms with Crippen LogP contribution in [-0.4, -0.2) is 26.3 Å². The Bertz CT molecular complexity index is 1240. The molecule has 3 aromatic heterocycles. The van der Waals surface area contributed by atoms with Crippen LogP contribution in [0.2, 0.25) is 0 Å². The number of carbonyl (C=O) groups excluding carboxylic acids is 2. The van der Waals surface area contributed by atoms with Crippen molar-refractivity contribution in [2.75, 3.05) is 5.32 Å². The molecule has 1 aromatic carbocycles. The van der Waals surface area contributed by atoms with Crippen molar-refractivity contribution >= 4 is 23.0 Å². The summed E-state index contributed by atoms with van der Waals surface area (Å²) >= 11 is 0. The van der Waals surface area contributed by atoms with Gasteiger partial charge in [0.2, 0.25) is 0 Å². The van der Waals surface area contributed by atoms with Crippen molar-refractivity contribution < 1.29 is 27.2 Å². The fourth-order valence-electron chi connectivity index (χ4n) is 2.82. The van der Waals surface area contributed by atoms with E-state index in [1.165, 1.54) is 49.6 Å². The summed E-state index contributed by atoms with van der Waals surface area (Å²) in [6.45, 7) is 1.41. The number of hydrogen-bond acceptors (Lipinski definition) is 5. The molecule has 0 saturated carbocycles. The molecule has 0 aliphatic heterocycles. The highest BCUT2D eigenvalue weighted by atomic mass is 19.4. The number of alkyl halides is 3. The highest BCUT2D eigenvalue weighted by Crippen LogP contribution is 2.32.